The Balaban J connectivity index is 1.74. The summed E-state index contributed by atoms with van der Waals surface area (Å²) in [6.45, 7) is -0.0802. The molecule has 0 atom stereocenters. The van der Waals surface area contributed by atoms with E-state index in [-0.39, 0.29) is 17.8 Å². The third-order valence-electron chi connectivity index (χ3n) is 4.29. The summed E-state index contributed by atoms with van der Waals surface area (Å²) in [6.07, 6.45) is -0.143. The highest BCUT2D eigenvalue weighted by Crippen LogP contribution is 2.36. The fourth-order valence-corrected chi connectivity index (χ4v) is 2.92. The molecule has 10 heteroatoms. The Morgan fingerprint density at radius 1 is 1.07 bits per heavy atom. The predicted molar refractivity (Wildman–Crippen MR) is 97.9 cm³/mol. The molecule has 4 aromatic rings. The van der Waals surface area contributed by atoms with Gasteiger partial charge in [-0.2, -0.15) is 13.2 Å². The minimum absolute atomic E-state index is 0.0802. The number of halogens is 3. The van der Waals surface area contributed by atoms with Crippen molar-refractivity contribution in [2.45, 2.75) is 12.7 Å². The Morgan fingerprint density at radius 2 is 1.86 bits per heavy atom. The number of nitrogens with zero attached hydrogens (tertiary/aromatic N) is 5. The molecular weight excluding hydrogens is 385 g/mol. The molecule has 1 aromatic carbocycles. The molecule has 0 saturated carbocycles. The maximum Gasteiger partial charge on any atom is 0.435 e. The van der Waals surface area contributed by atoms with Crippen molar-refractivity contribution in [1.82, 2.24) is 29.9 Å². The van der Waals surface area contributed by atoms with Crippen LogP contribution in [0.5, 0.6) is 5.75 Å². The molecule has 0 fully saturated rings. The van der Waals surface area contributed by atoms with Crippen molar-refractivity contribution in [2.75, 3.05) is 7.11 Å². The molecule has 0 aliphatic rings. The maximum absolute atomic E-state index is 13.9. The van der Waals surface area contributed by atoms with Crippen molar-refractivity contribution in [1.29, 1.82) is 0 Å². The summed E-state index contributed by atoms with van der Waals surface area (Å²) in [5.41, 5.74) is 0.663. The van der Waals surface area contributed by atoms with Crippen LogP contribution in [0.25, 0.3) is 22.6 Å². The maximum atomic E-state index is 13.9. The normalized spacial score (nSPS) is 11.6. The highest BCUT2D eigenvalue weighted by atomic mass is 19.4. The number of benzene rings is 1. The van der Waals surface area contributed by atoms with E-state index in [1.165, 1.54) is 31.8 Å². The molecule has 0 aliphatic heterocycles. The first kappa shape index (κ1) is 18.7. The van der Waals surface area contributed by atoms with E-state index in [1.54, 1.807) is 30.5 Å². The molecule has 7 nitrogen and oxygen atoms in total. The Morgan fingerprint density at radius 3 is 2.52 bits per heavy atom. The molecule has 3 aromatic heterocycles. The summed E-state index contributed by atoms with van der Waals surface area (Å²) in [7, 11) is 1.52. The average molecular weight is 400 g/mol. The lowest BCUT2D eigenvalue weighted by atomic mass is 10.1. The molecule has 0 saturated heterocycles. The largest absolute Gasteiger partial charge is 0.497 e. The first-order valence-electron chi connectivity index (χ1n) is 8.55. The minimum Gasteiger partial charge on any atom is -0.497 e. The zero-order valence-corrected chi connectivity index (χ0v) is 15.2. The number of hydrogen-bond donors (Lipinski definition) is 1. The van der Waals surface area contributed by atoms with Gasteiger partial charge in [0.05, 0.1) is 25.7 Å². The summed E-state index contributed by atoms with van der Waals surface area (Å²) < 4.78 is 47.5. The lowest BCUT2D eigenvalue weighted by molar-refractivity contribution is -0.143. The van der Waals surface area contributed by atoms with E-state index in [2.05, 4.69) is 25.3 Å². The van der Waals surface area contributed by atoms with Crippen molar-refractivity contribution >= 4 is 0 Å². The number of hydrogen-bond acceptors (Lipinski definition) is 5. The first-order chi connectivity index (χ1) is 14.0. The number of imidazole rings is 1. The summed E-state index contributed by atoms with van der Waals surface area (Å²) in [5.74, 6) is 0.617. The van der Waals surface area contributed by atoms with Gasteiger partial charge in [-0.05, 0) is 29.8 Å². The van der Waals surface area contributed by atoms with E-state index in [9.17, 15) is 13.2 Å². The number of ether oxygens (including phenoxy) is 1. The monoisotopic (exact) mass is 400 g/mol. The second-order valence-electron chi connectivity index (χ2n) is 6.17. The van der Waals surface area contributed by atoms with E-state index in [4.69, 9.17) is 4.74 Å². The lowest BCUT2D eigenvalue weighted by Gasteiger charge is -2.12. The smallest absolute Gasteiger partial charge is 0.435 e. The second-order valence-corrected chi connectivity index (χ2v) is 6.17. The van der Waals surface area contributed by atoms with Crippen LogP contribution in [0.15, 0.2) is 55.1 Å². The molecule has 0 amide bonds. The number of pyridine rings is 1. The summed E-state index contributed by atoms with van der Waals surface area (Å²) in [6, 6.07) is 9.70. The molecule has 0 aliphatic carbocycles. The first-order valence-corrected chi connectivity index (χ1v) is 8.55. The number of aromatic amines is 1. The van der Waals surface area contributed by atoms with Crippen LogP contribution in [0.3, 0.4) is 0 Å². The van der Waals surface area contributed by atoms with Gasteiger partial charge in [-0.1, -0.05) is 17.3 Å². The Bertz CT molecular complexity index is 1100. The van der Waals surface area contributed by atoms with Gasteiger partial charge in [-0.15, -0.1) is 5.10 Å². The topological polar surface area (TPSA) is 81.5 Å². The van der Waals surface area contributed by atoms with Crippen LogP contribution < -0.4 is 4.74 Å². The standard InChI is InChI=1S/C19H15F3N6O/c1-29-14-4-2-12(3-5-14)10-28-18(19(20,21)22)17(26-27-28)13-6-7-24-15(8-13)16-9-23-11-25-16/h2-9,11H,10H2,1H3,(H,23,25). The molecule has 29 heavy (non-hydrogen) atoms. The van der Waals surface area contributed by atoms with Gasteiger partial charge in [0.1, 0.15) is 17.1 Å². The van der Waals surface area contributed by atoms with Gasteiger partial charge in [0.2, 0.25) is 0 Å². The third-order valence-corrected chi connectivity index (χ3v) is 4.29. The Kier molecular flexibility index (Phi) is 4.75. The fourth-order valence-electron chi connectivity index (χ4n) is 2.92. The van der Waals surface area contributed by atoms with Crippen LogP contribution in [-0.4, -0.2) is 37.1 Å². The van der Waals surface area contributed by atoms with Crippen LogP contribution in [-0.2, 0) is 12.7 Å². The molecule has 0 radical (unpaired) electrons. The quantitative estimate of drug-likeness (QED) is 0.551. The Labute approximate surface area is 163 Å². The third kappa shape index (κ3) is 3.82. The highest BCUT2D eigenvalue weighted by Gasteiger charge is 2.39. The molecule has 3 heterocycles. The summed E-state index contributed by atoms with van der Waals surface area (Å²) in [5, 5.41) is 7.58. The Hall–Kier alpha value is -3.69. The van der Waals surface area contributed by atoms with Crippen LogP contribution in [0.4, 0.5) is 13.2 Å². The fraction of sp³-hybridized carbons (Fsp3) is 0.158. The van der Waals surface area contributed by atoms with Crippen molar-refractivity contribution in [3.63, 3.8) is 0 Å². The van der Waals surface area contributed by atoms with Crippen molar-refractivity contribution < 1.29 is 17.9 Å². The lowest BCUT2D eigenvalue weighted by Crippen LogP contribution is -2.16. The van der Waals surface area contributed by atoms with E-state index in [1.807, 2.05) is 0 Å². The number of alkyl halides is 3. The summed E-state index contributed by atoms with van der Waals surface area (Å²) >= 11 is 0. The molecule has 0 bridgehead atoms. The molecule has 4 rings (SSSR count). The van der Waals surface area contributed by atoms with Gasteiger partial charge >= 0.3 is 6.18 Å². The number of aromatic nitrogens is 6. The molecule has 0 unspecified atom stereocenters. The number of H-pyrrole nitrogens is 1. The minimum atomic E-state index is -4.64. The van der Waals surface area contributed by atoms with Gasteiger partial charge in [-0.25, -0.2) is 9.67 Å². The van der Waals surface area contributed by atoms with E-state index < -0.39 is 11.9 Å². The number of nitrogens with one attached hydrogen (secondary N) is 1. The van der Waals surface area contributed by atoms with Gasteiger partial charge in [0.25, 0.3) is 0 Å². The van der Waals surface area contributed by atoms with Crippen LogP contribution >= 0.6 is 0 Å². The van der Waals surface area contributed by atoms with E-state index in [0.717, 1.165) is 4.68 Å². The molecule has 148 valence electrons. The number of methoxy groups -OCH3 is 1. The average Bonchev–Trinajstić information content (AvgIpc) is 3.38. The van der Waals surface area contributed by atoms with Gasteiger partial charge in [0, 0.05) is 18.0 Å². The van der Waals surface area contributed by atoms with Gasteiger partial charge in [-0.3, -0.25) is 4.98 Å². The van der Waals surface area contributed by atoms with Crippen molar-refractivity contribution in [3.05, 3.63) is 66.4 Å². The van der Waals surface area contributed by atoms with Crippen LogP contribution in [0.1, 0.15) is 11.3 Å². The molecule has 0 spiro atoms. The SMILES string of the molecule is COc1ccc(Cn2nnc(-c3ccnc(-c4c[nH]cn4)c3)c2C(F)(F)F)cc1. The van der Waals surface area contributed by atoms with E-state index in [0.29, 0.717) is 22.7 Å². The predicted octanol–water partition coefficient (Wildman–Crippen LogP) is 3.81. The van der Waals surface area contributed by atoms with Crippen LogP contribution in [0.2, 0.25) is 0 Å². The molecular formula is C19H15F3N6O. The molecule has 1 N–H and O–H groups in total. The summed E-state index contributed by atoms with van der Waals surface area (Å²) in [4.78, 5) is 11.0. The zero-order valence-electron chi connectivity index (χ0n) is 15.2. The highest BCUT2D eigenvalue weighted by molar-refractivity contribution is 5.67. The van der Waals surface area contributed by atoms with Crippen molar-refractivity contribution in [2.24, 2.45) is 0 Å². The van der Waals surface area contributed by atoms with Crippen molar-refractivity contribution in [3.8, 4) is 28.4 Å². The number of rotatable bonds is 5. The second kappa shape index (κ2) is 7.38. The van der Waals surface area contributed by atoms with Gasteiger partial charge < -0.3 is 9.72 Å². The van der Waals surface area contributed by atoms with Gasteiger partial charge in [0.15, 0.2) is 5.69 Å². The zero-order chi connectivity index (χ0) is 20.4. The van der Waals surface area contributed by atoms with E-state index >= 15 is 0 Å². The van der Waals surface area contributed by atoms with Crippen LogP contribution in [0, 0.1) is 0 Å².